The van der Waals surface area contributed by atoms with E-state index in [-0.39, 0.29) is 0 Å². The molecule has 0 N–H and O–H groups in total. The van der Waals surface area contributed by atoms with Gasteiger partial charge in [0.25, 0.3) is 0 Å². The predicted molar refractivity (Wildman–Crippen MR) is 48.3 cm³/mol. The predicted octanol–water partition coefficient (Wildman–Crippen LogP) is 1.51. The van der Waals surface area contributed by atoms with Gasteiger partial charge in [-0.2, -0.15) is 0 Å². The molecule has 1 heterocycles. The monoisotopic (exact) mass is 154 g/mol. The summed E-state index contributed by atoms with van der Waals surface area (Å²) >= 11 is 0. The Kier molecular flexibility index (Phi) is 2.42. The molecule has 2 heteroatoms. The van der Waals surface area contributed by atoms with Crippen molar-refractivity contribution in [3.63, 3.8) is 0 Å². The first-order valence-corrected chi connectivity index (χ1v) is 4.28. The fourth-order valence-corrected chi connectivity index (χ4v) is 1.62. The van der Waals surface area contributed by atoms with Crippen molar-refractivity contribution in [2.75, 3.05) is 27.2 Å². The lowest BCUT2D eigenvalue weighted by Crippen LogP contribution is -2.37. The molecule has 0 atom stereocenters. The highest BCUT2D eigenvalue weighted by atomic mass is 15.2. The normalized spacial score (nSPS) is 19.6. The van der Waals surface area contributed by atoms with Gasteiger partial charge in [-0.05, 0) is 13.3 Å². The third-order valence-electron chi connectivity index (χ3n) is 2.56. The maximum absolute atomic E-state index is 2.36. The van der Waals surface area contributed by atoms with Crippen LogP contribution in [0.1, 0.15) is 20.3 Å². The number of rotatable bonds is 1. The molecule has 64 valence electrons. The van der Waals surface area contributed by atoms with E-state index >= 15 is 0 Å². The Morgan fingerprint density at radius 3 is 2.18 bits per heavy atom. The zero-order valence-corrected chi connectivity index (χ0v) is 8.02. The lowest BCUT2D eigenvalue weighted by molar-refractivity contribution is 0.271. The van der Waals surface area contributed by atoms with Crippen molar-refractivity contribution in [1.29, 1.82) is 0 Å². The van der Waals surface area contributed by atoms with Gasteiger partial charge in [0.1, 0.15) is 0 Å². The lowest BCUT2D eigenvalue weighted by atomic mass is 10.2. The second-order valence-corrected chi connectivity index (χ2v) is 3.23. The molecule has 0 bridgehead atoms. The van der Waals surface area contributed by atoms with Crippen LogP contribution in [0.15, 0.2) is 11.4 Å². The summed E-state index contributed by atoms with van der Waals surface area (Å²) in [6.45, 7) is 6.74. The fourth-order valence-electron chi connectivity index (χ4n) is 1.62. The fraction of sp³-hybridized carbons (Fsp3) is 0.778. The third kappa shape index (κ3) is 1.50. The van der Waals surface area contributed by atoms with Crippen molar-refractivity contribution in [3.05, 3.63) is 11.4 Å². The Morgan fingerprint density at radius 2 is 1.73 bits per heavy atom. The van der Waals surface area contributed by atoms with Crippen LogP contribution in [0.5, 0.6) is 0 Å². The number of hydrogen-bond donors (Lipinski definition) is 0. The molecule has 0 aliphatic carbocycles. The van der Waals surface area contributed by atoms with E-state index in [1.54, 1.807) is 0 Å². The Bertz CT molecular complexity index is 172. The standard InChI is InChI=1S/C9H18N2/c1-5-9-8(2)10(3)6-7-11(9)4/h5-7H2,1-4H3. The maximum Gasteiger partial charge on any atom is 0.0348 e. The van der Waals surface area contributed by atoms with E-state index < -0.39 is 0 Å². The highest BCUT2D eigenvalue weighted by Crippen LogP contribution is 2.18. The Balaban J connectivity index is 2.84. The van der Waals surface area contributed by atoms with Crippen molar-refractivity contribution < 1.29 is 0 Å². The summed E-state index contributed by atoms with van der Waals surface area (Å²) < 4.78 is 0. The van der Waals surface area contributed by atoms with Gasteiger partial charge in [-0.3, -0.25) is 0 Å². The molecule has 0 spiro atoms. The Hall–Kier alpha value is -0.660. The van der Waals surface area contributed by atoms with Crippen LogP contribution in [0.4, 0.5) is 0 Å². The van der Waals surface area contributed by atoms with Gasteiger partial charge in [0.15, 0.2) is 0 Å². The molecule has 0 fully saturated rings. The van der Waals surface area contributed by atoms with Gasteiger partial charge in [-0.25, -0.2) is 0 Å². The molecule has 1 rings (SSSR count). The van der Waals surface area contributed by atoms with Gasteiger partial charge in [-0.1, -0.05) is 6.92 Å². The zero-order valence-electron chi connectivity index (χ0n) is 8.02. The quantitative estimate of drug-likeness (QED) is 0.565. The average Bonchev–Trinajstić information content (AvgIpc) is 1.99. The number of allylic oxidation sites excluding steroid dienone is 2. The lowest BCUT2D eigenvalue weighted by Gasteiger charge is -2.35. The topological polar surface area (TPSA) is 6.48 Å². The van der Waals surface area contributed by atoms with Gasteiger partial charge >= 0.3 is 0 Å². The summed E-state index contributed by atoms with van der Waals surface area (Å²) in [5.41, 5.74) is 2.92. The second-order valence-electron chi connectivity index (χ2n) is 3.23. The summed E-state index contributed by atoms with van der Waals surface area (Å²) in [6.07, 6.45) is 1.15. The van der Waals surface area contributed by atoms with Gasteiger partial charge in [0.2, 0.25) is 0 Å². The minimum atomic E-state index is 1.15. The largest absolute Gasteiger partial charge is 0.375 e. The summed E-state index contributed by atoms with van der Waals surface area (Å²) in [5.74, 6) is 0. The molecule has 0 aromatic carbocycles. The van der Waals surface area contributed by atoms with E-state index in [1.807, 2.05) is 0 Å². The number of nitrogens with zero attached hydrogens (tertiary/aromatic N) is 2. The van der Waals surface area contributed by atoms with E-state index in [4.69, 9.17) is 0 Å². The van der Waals surface area contributed by atoms with Crippen molar-refractivity contribution in [1.82, 2.24) is 9.80 Å². The zero-order chi connectivity index (χ0) is 8.43. The van der Waals surface area contributed by atoms with Crippen molar-refractivity contribution >= 4 is 0 Å². The molecular weight excluding hydrogens is 136 g/mol. The minimum Gasteiger partial charge on any atom is -0.375 e. The van der Waals surface area contributed by atoms with E-state index in [0.29, 0.717) is 0 Å². The van der Waals surface area contributed by atoms with Crippen molar-refractivity contribution in [2.24, 2.45) is 0 Å². The Morgan fingerprint density at radius 1 is 1.18 bits per heavy atom. The van der Waals surface area contributed by atoms with Crippen LogP contribution in [0.2, 0.25) is 0 Å². The second kappa shape index (κ2) is 3.16. The highest BCUT2D eigenvalue weighted by molar-refractivity contribution is 5.12. The summed E-state index contributed by atoms with van der Waals surface area (Å²) in [5, 5.41) is 0. The molecule has 0 saturated carbocycles. The number of likely N-dealkylation sites (N-methyl/N-ethyl adjacent to an activating group) is 2. The molecule has 1 aliphatic heterocycles. The molecule has 0 unspecified atom stereocenters. The molecule has 0 saturated heterocycles. The smallest absolute Gasteiger partial charge is 0.0348 e. The molecular formula is C9H18N2. The van der Waals surface area contributed by atoms with Crippen LogP contribution >= 0.6 is 0 Å². The molecule has 1 aliphatic rings. The molecule has 0 aromatic rings. The van der Waals surface area contributed by atoms with Crippen molar-refractivity contribution in [2.45, 2.75) is 20.3 Å². The van der Waals surface area contributed by atoms with Gasteiger partial charge in [-0.15, -0.1) is 0 Å². The number of hydrogen-bond acceptors (Lipinski definition) is 2. The molecule has 2 nitrogen and oxygen atoms in total. The summed E-state index contributed by atoms with van der Waals surface area (Å²) in [4.78, 5) is 4.69. The van der Waals surface area contributed by atoms with Crippen LogP contribution in [0.3, 0.4) is 0 Å². The first-order chi connectivity index (χ1) is 5.16. The molecule has 0 aromatic heterocycles. The van der Waals surface area contributed by atoms with Crippen LogP contribution in [-0.2, 0) is 0 Å². The van der Waals surface area contributed by atoms with Crippen LogP contribution < -0.4 is 0 Å². The van der Waals surface area contributed by atoms with Crippen LogP contribution in [0.25, 0.3) is 0 Å². The molecule has 0 radical (unpaired) electrons. The minimum absolute atomic E-state index is 1.15. The van der Waals surface area contributed by atoms with Crippen molar-refractivity contribution in [3.8, 4) is 0 Å². The molecule has 11 heavy (non-hydrogen) atoms. The van der Waals surface area contributed by atoms with E-state index in [1.165, 1.54) is 11.4 Å². The first-order valence-electron chi connectivity index (χ1n) is 4.28. The van der Waals surface area contributed by atoms with Crippen LogP contribution in [0, 0.1) is 0 Å². The van der Waals surface area contributed by atoms with E-state index in [0.717, 1.165) is 19.5 Å². The molecule has 0 amide bonds. The maximum atomic E-state index is 2.36. The van der Waals surface area contributed by atoms with Crippen LogP contribution in [-0.4, -0.2) is 37.0 Å². The van der Waals surface area contributed by atoms with E-state index in [9.17, 15) is 0 Å². The Labute approximate surface area is 69.5 Å². The highest BCUT2D eigenvalue weighted by Gasteiger charge is 2.15. The van der Waals surface area contributed by atoms with Gasteiger partial charge in [0.05, 0.1) is 0 Å². The average molecular weight is 154 g/mol. The van der Waals surface area contributed by atoms with Gasteiger partial charge < -0.3 is 9.80 Å². The SMILES string of the molecule is CCC1=C(C)N(C)CCN1C. The first kappa shape index (κ1) is 8.44. The summed E-state index contributed by atoms with van der Waals surface area (Å²) in [6, 6.07) is 0. The van der Waals surface area contributed by atoms with E-state index in [2.05, 4.69) is 37.7 Å². The van der Waals surface area contributed by atoms with Gasteiger partial charge in [0, 0.05) is 38.6 Å². The summed E-state index contributed by atoms with van der Waals surface area (Å²) in [7, 11) is 4.34. The third-order valence-corrected chi connectivity index (χ3v) is 2.56.